The molecule has 214 valence electrons. The molecule has 0 fully saturated rings. The molecule has 2 heterocycles. The fraction of sp³-hybridized carbons (Fsp3) is 0.281. The van der Waals surface area contributed by atoms with E-state index in [4.69, 9.17) is 19.2 Å². The molecule has 0 amide bonds. The number of methoxy groups -OCH3 is 2. The lowest BCUT2D eigenvalue weighted by Crippen LogP contribution is -2.23. The largest absolute Gasteiger partial charge is 0.506 e. The third-order valence-electron chi connectivity index (χ3n) is 6.66. The number of ether oxygens (including phenoxy) is 3. The molecule has 2 aromatic heterocycles. The zero-order chi connectivity index (χ0) is 29.5. The second kappa shape index (κ2) is 13.3. The predicted molar refractivity (Wildman–Crippen MR) is 165 cm³/mol. The minimum atomic E-state index is -0.518. The number of H-pyrrole nitrogens is 1. The number of allylic oxidation sites excluding steroid dienone is 1. The van der Waals surface area contributed by atoms with E-state index in [0.717, 1.165) is 34.0 Å². The summed E-state index contributed by atoms with van der Waals surface area (Å²) in [5.41, 5.74) is 2.74. The quantitative estimate of drug-likeness (QED) is 0.118. The highest BCUT2D eigenvalue weighted by Crippen LogP contribution is 2.45. The van der Waals surface area contributed by atoms with Crippen LogP contribution in [0.3, 0.4) is 0 Å². The van der Waals surface area contributed by atoms with Crippen LogP contribution in [0.5, 0.6) is 17.2 Å². The van der Waals surface area contributed by atoms with Crippen LogP contribution in [-0.4, -0.2) is 42.2 Å². The molecule has 0 saturated carbocycles. The molecule has 0 radical (unpaired) electrons. The first-order chi connectivity index (χ1) is 19.8. The number of hydrogen-bond donors (Lipinski definition) is 2. The Morgan fingerprint density at radius 3 is 2.37 bits per heavy atom. The number of aromatic nitrogens is 2. The molecule has 4 aromatic rings. The van der Waals surface area contributed by atoms with Crippen molar-refractivity contribution >= 4 is 17.2 Å². The van der Waals surface area contributed by atoms with Gasteiger partial charge in [0.15, 0.2) is 0 Å². The van der Waals surface area contributed by atoms with Gasteiger partial charge in [0.2, 0.25) is 5.90 Å². The molecule has 0 bridgehead atoms. The number of aromatic amines is 1. The minimum absolute atomic E-state index is 0.0536. The van der Waals surface area contributed by atoms with Crippen LogP contribution in [0.2, 0.25) is 0 Å². The number of aliphatic imine (C=N–C) groups is 1. The van der Waals surface area contributed by atoms with Crippen LogP contribution >= 0.6 is 11.3 Å². The maximum absolute atomic E-state index is 13.4. The SMILES string of the molecule is C=C(Cc1nc(-c2ccccc2)sc1C)OC(=NC)c1c(O)c(-c2c(OC)cccc2OC)c(CCCC)[nH]c1=O. The molecule has 0 aliphatic rings. The maximum atomic E-state index is 13.4. The van der Waals surface area contributed by atoms with Crippen molar-refractivity contribution in [3.63, 3.8) is 0 Å². The van der Waals surface area contributed by atoms with E-state index in [1.54, 1.807) is 43.8 Å². The van der Waals surface area contributed by atoms with Crippen LogP contribution in [0.15, 0.2) is 70.7 Å². The van der Waals surface area contributed by atoms with Crippen molar-refractivity contribution in [1.82, 2.24) is 9.97 Å². The van der Waals surface area contributed by atoms with Crippen LogP contribution in [0, 0.1) is 6.92 Å². The number of unbranched alkanes of at least 4 members (excludes halogenated alkanes) is 1. The third kappa shape index (κ3) is 6.36. The Balaban J connectivity index is 1.73. The Bertz CT molecular complexity index is 1600. The average molecular weight is 574 g/mol. The number of thiazole rings is 1. The summed E-state index contributed by atoms with van der Waals surface area (Å²) < 4.78 is 17.3. The molecule has 41 heavy (non-hydrogen) atoms. The molecule has 8 nitrogen and oxygen atoms in total. The number of hydrogen-bond acceptors (Lipinski definition) is 8. The first-order valence-electron chi connectivity index (χ1n) is 13.4. The number of rotatable bonds is 11. The van der Waals surface area contributed by atoms with E-state index in [1.165, 1.54) is 7.05 Å². The molecule has 2 N–H and O–H groups in total. The summed E-state index contributed by atoms with van der Waals surface area (Å²) in [6.45, 7) is 8.13. The van der Waals surface area contributed by atoms with Gasteiger partial charge in [0.05, 0.1) is 31.0 Å². The fourth-order valence-corrected chi connectivity index (χ4v) is 5.54. The highest BCUT2D eigenvalue weighted by molar-refractivity contribution is 7.15. The topological polar surface area (TPSA) is 106 Å². The average Bonchev–Trinajstić information content (AvgIpc) is 3.34. The summed E-state index contributed by atoms with van der Waals surface area (Å²) in [4.78, 5) is 26.4. The summed E-state index contributed by atoms with van der Waals surface area (Å²) in [7, 11) is 4.59. The van der Waals surface area contributed by atoms with Gasteiger partial charge in [0, 0.05) is 29.6 Å². The van der Waals surface area contributed by atoms with Crippen LogP contribution in [0.4, 0.5) is 0 Å². The third-order valence-corrected chi connectivity index (χ3v) is 7.72. The van der Waals surface area contributed by atoms with E-state index in [1.807, 2.05) is 37.3 Å². The Morgan fingerprint density at radius 1 is 1.07 bits per heavy atom. The lowest BCUT2D eigenvalue weighted by molar-refractivity contribution is 0.394. The van der Waals surface area contributed by atoms with E-state index >= 15 is 0 Å². The highest BCUT2D eigenvalue weighted by atomic mass is 32.1. The standard InChI is InChI=1S/C32H35N3O5S/c1-7-8-15-22-26(27-24(38-5)16-12-17-25(27)39-6)29(36)28(30(37)34-22)31(33-4)40-19(2)18-23-20(3)41-32(35-23)21-13-10-9-11-14-21/h9-14,16-17H,2,7-8,15,18H2,1,3-6H3,(H2,34,36,37). The molecule has 0 saturated heterocycles. The second-order valence-corrected chi connectivity index (χ2v) is 10.6. The molecular formula is C32H35N3O5S. The van der Waals surface area contributed by atoms with Gasteiger partial charge in [0.25, 0.3) is 5.56 Å². The van der Waals surface area contributed by atoms with Gasteiger partial charge in [0.1, 0.15) is 33.6 Å². The summed E-state index contributed by atoms with van der Waals surface area (Å²) in [5, 5.41) is 12.6. The summed E-state index contributed by atoms with van der Waals surface area (Å²) in [6.07, 6.45) is 2.56. The lowest BCUT2D eigenvalue weighted by Gasteiger charge is -2.20. The van der Waals surface area contributed by atoms with Crippen molar-refractivity contribution in [2.24, 2.45) is 4.99 Å². The number of aryl methyl sites for hydroxylation is 2. The molecule has 2 aromatic carbocycles. The van der Waals surface area contributed by atoms with Crippen LogP contribution in [-0.2, 0) is 17.6 Å². The first kappa shape index (κ1) is 29.6. The Labute approximate surface area is 244 Å². The summed E-state index contributed by atoms with van der Waals surface area (Å²) >= 11 is 1.59. The van der Waals surface area contributed by atoms with Gasteiger partial charge in [-0.2, -0.15) is 0 Å². The van der Waals surface area contributed by atoms with Gasteiger partial charge in [-0.05, 0) is 31.9 Å². The van der Waals surface area contributed by atoms with E-state index in [0.29, 0.717) is 46.9 Å². The van der Waals surface area contributed by atoms with Crippen molar-refractivity contribution in [3.8, 4) is 38.9 Å². The zero-order valence-corrected chi connectivity index (χ0v) is 24.9. The van der Waals surface area contributed by atoms with Crippen LogP contribution < -0.4 is 15.0 Å². The minimum Gasteiger partial charge on any atom is -0.506 e. The molecular weight excluding hydrogens is 538 g/mol. The smallest absolute Gasteiger partial charge is 0.264 e. The van der Waals surface area contributed by atoms with Crippen molar-refractivity contribution < 1.29 is 19.3 Å². The van der Waals surface area contributed by atoms with Gasteiger partial charge in [-0.3, -0.25) is 9.79 Å². The Hall–Kier alpha value is -4.37. The molecule has 9 heteroatoms. The molecule has 0 aliphatic carbocycles. The van der Waals surface area contributed by atoms with Crippen molar-refractivity contribution in [3.05, 3.63) is 93.1 Å². The molecule has 0 aliphatic heterocycles. The zero-order valence-electron chi connectivity index (χ0n) is 24.0. The Kier molecular flexibility index (Phi) is 9.62. The number of benzene rings is 2. The molecule has 0 spiro atoms. The maximum Gasteiger partial charge on any atom is 0.264 e. The molecule has 0 atom stereocenters. The van der Waals surface area contributed by atoms with Crippen molar-refractivity contribution in [2.75, 3.05) is 21.3 Å². The van der Waals surface area contributed by atoms with Crippen molar-refractivity contribution in [2.45, 2.75) is 39.5 Å². The van der Waals surface area contributed by atoms with Gasteiger partial charge in [-0.1, -0.05) is 56.3 Å². The van der Waals surface area contributed by atoms with Gasteiger partial charge in [-0.25, -0.2) is 4.98 Å². The molecule has 4 rings (SSSR count). The Morgan fingerprint density at radius 2 is 1.76 bits per heavy atom. The predicted octanol–water partition coefficient (Wildman–Crippen LogP) is 6.69. The second-order valence-electron chi connectivity index (χ2n) is 9.41. The van der Waals surface area contributed by atoms with E-state index < -0.39 is 5.56 Å². The van der Waals surface area contributed by atoms with Gasteiger partial charge < -0.3 is 24.3 Å². The number of nitrogens with zero attached hydrogens (tertiary/aromatic N) is 2. The van der Waals surface area contributed by atoms with Gasteiger partial charge in [-0.15, -0.1) is 11.3 Å². The van der Waals surface area contributed by atoms with E-state index in [-0.39, 0.29) is 17.2 Å². The number of pyridine rings is 1. The molecule has 0 unspecified atom stereocenters. The van der Waals surface area contributed by atoms with Crippen LogP contribution in [0.25, 0.3) is 21.7 Å². The van der Waals surface area contributed by atoms with Crippen LogP contribution in [0.1, 0.15) is 41.6 Å². The number of nitrogens with one attached hydrogen (secondary N) is 1. The highest BCUT2D eigenvalue weighted by Gasteiger charge is 2.27. The summed E-state index contributed by atoms with van der Waals surface area (Å²) in [5.74, 6) is 0.992. The normalized spacial score (nSPS) is 11.4. The fourth-order valence-electron chi connectivity index (χ4n) is 4.61. The number of aromatic hydroxyl groups is 1. The first-order valence-corrected chi connectivity index (χ1v) is 14.2. The monoisotopic (exact) mass is 573 g/mol. The lowest BCUT2D eigenvalue weighted by atomic mass is 9.95. The van der Waals surface area contributed by atoms with Crippen molar-refractivity contribution in [1.29, 1.82) is 0 Å². The van der Waals surface area contributed by atoms with Gasteiger partial charge >= 0.3 is 0 Å². The van der Waals surface area contributed by atoms with E-state index in [2.05, 4.69) is 23.5 Å². The summed E-state index contributed by atoms with van der Waals surface area (Å²) in [6, 6.07) is 15.3. The van der Waals surface area contributed by atoms with E-state index in [9.17, 15) is 9.90 Å².